The van der Waals surface area contributed by atoms with E-state index in [1.807, 2.05) is 25.7 Å². The Labute approximate surface area is 232 Å². The fourth-order valence-electron chi connectivity index (χ4n) is 6.20. The zero-order valence-corrected chi connectivity index (χ0v) is 23.9. The molecular weight excluding hydrogens is 537 g/mol. The van der Waals surface area contributed by atoms with Crippen LogP contribution in [0.5, 0.6) is 5.88 Å². The van der Waals surface area contributed by atoms with Crippen molar-refractivity contribution in [1.82, 2.24) is 29.3 Å². The maximum Gasteiger partial charge on any atom is 0.268 e. The van der Waals surface area contributed by atoms with E-state index in [4.69, 9.17) is 9.72 Å². The summed E-state index contributed by atoms with van der Waals surface area (Å²) in [6, 6.07) is 4.87. The molecule has 4 aliphatic rings. The summed E-state index contributed by atoms with van der Waals surface area (Å²) >= 11 is 0. The van der Waals surface area contributed by atoms with Gasteiger partial charge in [-0.2, -0.15) is 5.10 Å². The largest absolute Gasteiger partial charge is 0.476 e. The monoisotopic (exact) mass is 569 g/mol. The molecule has 3 saturated carbocycles. The van der Waals surface area contributed by atoms with Gasteiger partial charge in [-0.1, -0.05) is 11.6 Å². The fourth-order valence-corrected chi connectivity index (χ4v) is 7.37. The summed E-state index contributed by atoms with van der Waals surface area (Å²) in [6.45, 7) is 8.55. The number of aryl methyl sites for hydroxylation is 1. The summed E-state index contributed by atoms with van der Waals surface area (Å²) in [4.78, 5) is 20.1. The highest BCUT2D eigenvalue weighted by molar-refractivity contribution is 7.90. The number of halogens is 1. The highest BCUT2D eigenvalue weighted by Crippen LogP contribution is 2.69. The number of alkyl halides is 1. The van der Waals surface area contributed by atoms with E-state index in [0.29, 0.717) is 55.6 Å². The van der Waals surface area contributed by atoms with Gasteiger partial charge in [-0.3, -0.25) is 9.48 Å². The molecule has 1 aliphatic heterocycles. The van der Waals surface area contributed by atoms with Gasteiger partial charge < -0.3 is 9.64 Å². The second-order valence-electron chi connectivity index (χ2n) is 12.0. The lowest BCUT2D eigenvalue weighted by Gasteiger charge is -2.65. The Hall–Kier alpha value is -3.74. The number of nitrogens with zero attached hydrogens (tertiary/aromatic N) is 6. The van der Waals surface area contributed by atoms with Gasteiger partial charge in [0.25, 0.3) is 15.9 Å². The fraction of sp³-hybridized carbons (Fsp3) is 0.481. The summed E-state index contributed by atoms with van der Waals surface area (Å²) < 4.78 is 51.0. The Kier molecular flexibility index (Phi) is 5.71. The van der Waals surface area contributed by atoms with Crippen molar-refractivity contribution in [3.8, 4) is 11.7 Å². The molecule has 4 heterocycles. The Morgan fingerprint density at radius 3 is 2.50 bits per heavy atom. The molecule has 0 radical (unpaired) electrons. The van der Waals surface area contributed by atoms with Crippen LogP contribution in [-0.2, 0) is 17.1 Å². The third-order valence-corrected chi connectivity index (χ3v) is 9.61. The first kappa shape index (κ1) is 26.5. The van der Waals surface area contributed by atoms with Crippen LogP contribution >= 0.6 is 0 Å². The lowest BCUT2D eigenvalue weighted by Crippen LogP contribution is -2.66. The first-order valence-corrected chi connectivity index (χ1v) is 14.6. The first-order chi connectivity index (χ1) is 18.7. The van der Waals surface area contributed by atoms with Crippen molar-refractivity contribution < 1.29 is 22.3 Å². The van der Waals surface area contributed by atoms with Crippen LogP contribution in [0.3, 0.4) is 0 Å². The average molecular weight is 570 g/mol. The number of hydrogen-bond acceptors (Lipinski definition) is 8. The molecule has 3 fully saturated rings. The average Bonchev–Trinajstić information content (AvgIpc) is 3.52. The van der Waals surface area contributed by atoms with Crippen LogP contribution in [0.15, 0.2) is 47.1 Å². The maximum absolute atomic E-state index is 13.8. The van der Waals surface area contributed by atoms with Gasteiger partial charge in [-0.25, -0.2) is 27.2 Å². The van der Waals surface area contributed by atoms with E-state index >= 15 is 0 Å². The number of carbonyl (C=O) groups is 1. The molecule has 0 atom stereocenters. The van der Waals surface area contributed by atoms with Gasteiger partial charge in [-0.05, 0) is 59.1 Å². The number of carbonyl (C=O) groups excluding carboxylic acids is 1. The van der Waals surface area contributed by atoms with Crippen LogP contribution in [0.4, 0.5) is 10.2 Å². The van der Waals surface area contributed by atoms with Gasteiger partial charge in [0.05, 0.1) is 29.6 Å². The van der Waals surface area contributed by atoms with Crippen LogP contribution in [-0.4, -0.2) is 63.2 Å². The van der Waals surface area contributed by atoms with Gasteiger partial charge in [0, 0.05) is 31.3 Å². The van der Waals surface area contributed by atoms with E-state index in [2.05, 4.69) is 21.0 Å². The molecule has 1 N–H and O–H groups in total. The summed E-state index contributed by atoms with van der Waals surface area (Å²) in [7, 11) is -2.55. The number of nitrogens with one attached hydrogen (secondary N) is 1. The predicted molar refractivity (Wildman–Crippen MR) is 145 cm³/mol. The summed E-state index contributed by atoms with van der Waals surface area (Å²) in [5, 5.41) is 8.46. The van der Waals surface area contributed by atoms with Crippen LogP contribution in [0.1, 0.15) is 56.1 Å². The van der Waals surface area contributed by atoms with Gasteiger partial charge >= 0.3 is 0 Å². The Balaban J connectivity index is 1.29. The maximum atomic E-state index is 13.8. The summed E-state index contributed by atoms with van der Waals surface area (Å²) in [5.74, 6) is 0.360. The van der Waals surface area contributed by atoms with Crippen molar-refractivity contribution in [2.75, 3.05) is 18.1 Å². The molecule has 0 unspecified atom stereocenters. The molecule has 3 aromatic rings. The topological polar surface area (TPSA) is 124 Å². The molecule has 212 valence electrons. The number of amides is 1. The number of hydrogen-bond donors (Lipinski definition) is 1. The SMILES string of the molecule is CC1=CC(C)(C)N(c2nc(-n3ccc(OCC45CC(F)(C4)C5)n3)ccc2C(=O)NS(=O)(=O)c2cnn(C)c2C)C1. The van der Waals surface area contributed by atoms with Crippen molar-refractivity contribution in [2.45, 2.75) is 63.1 Å². The number of sulfonamides is 1. The summed E-state index contributed by atoms with van der Waals surface area (Å²) in [6.07, 6.45) is 6.64. The second-order valence-corrected chi connectivity index (χ2v) is 13.6. The zero-order chi connectivity index (χ0) is 28.7. The number of ether oxygens (including phenoxy) is 1. The molecular formula is C27H32FN7O4S. The lowest BCUT2D eigenvalue weighted by atomic mass is 9.43. The standard InChI is InChI=1S/C27H32FN7O4S/c1-17-10-25(3,4)34(12-17)23-19(24(36)32-40(37,38)20-11-29-33(5)18(20)2)6-7-21(30-23)35-9-8-22(31-35)39-16-26-13-27(28,14-26)15-26/h6-11H,12-16H2,1-5H3,(H,32,36). The summed E-state index contributed by atoms with van der Waals surface area (Å²) in [5.41, 5.74) is 0.0877. The van der Waals surface area contributed by atoms with E-state index in [-0.39, 0.29) is 15.9 Å². The molecule has 2 bridgehead atoms. The van der Waals surface area contributed by atoms with Crippen molar-refractivity contribution in [3.63, 3.8) is 0 Å². The minimum Gasteiger partial charge on any atom is -0.476 e. The Morgan fingerprint density at radius 1 is 1.18 bits per heavy atom. The molecule has 1 amide bonds. The van der Waals surface area contributed by atoms with E-state index in [0.717, 1.165) is 5.57 Å². The van der Waals surface area contributed by atoms with E-state index in [1.54, 1.807) is 38.4 Å². The predicted octanol–water partition coefficient (Wildman–Crippen LogP) is 3.24. The minimum atomic E-state index is -4.17. The molecule has 7 rings (SSSR count). The van der Waals surface area contributed by atoms with Crippen molar-refractivity contribution in [2.24, 2.45) is 12.5 Å². The lowest BCUT2D eigenvalue weighted by molar-refractivity contribution is -0.226. The van der Waals surface area contributed by atoms with Gasteiger partial charge in [0.2, 0.25) is 5.88 Å². The molecule has 0 aromatic carbocycles. The number of pyridine rings is 1. The minimum absolute atomic E-state index is 0.0696. The van der Waals surface area contributed by atoms with E-state index in [1.165, 1.54) is 15.6 Å². The van der Waals surface area contributed by atoms with Crippen LogP contribution < -0.4 is 14.4 Å². The van der Waals surface area contributed by atoms with E-state index in [9.17, 15) is 17.6 Å². The van der Waals surface area contributed by atoms with Crippen molar-refractivity contribution in [3.05, 3.63) is 53.5 Å². The number of aromatic nitrogens is 5. The highest BCUT2D eigenvalue weighted by Gasteiger charge is 2.69. The molecule has 40 heavy (non-hydrogen) atoms. The highest BCUT2D eigenvalue weighted by atomic mass is 32.2. The molecule has 3 aliphatic carbocycles. The van der Waals surface area contributed by atoms with Gasteiger partial charge in [-0.15, -0.1) is 5.10 Å². The van der Waals surface area contributed by atoms with Crippen molar-refractivity contribution in [1.29, 1.82) is 0 Å². The molecule has 3 aromatic heterocycles. The van der Waals surface area contributed by atoms with Gasteiger partial charge in [0.1, 0.15) is 16.4 Å². The third-order valence-electron chi connectivity index (χ3n) is 8.17. The zero-order valence-electron chi connectivity index (χ0n) is 23.1. The van der Waals surface area contributed by atoms with Crippen LogP contribution in [0, 0.1) is 12.3 Å². The Morgan fingerprint density at radius 2 is 1.90 bits per heavy atom. The third kappa shape index (κ3) is 4.36. The quantitative estimate of drug-likeness (QED) is 0.410. The van der Waals surface area contributed by atoms with Crippen LogP contribution in [0.2, 0.25) is 0 Å². The second kappa shape index (κ2) is 8.63. The first-order valence-electron chi connectivity index (χ1n) is 13.1. The number of rotatable bonds is 8. The number of anilines is 1. The molecule has 11 nitrogen and oxygen atoms in total. The Bertz CT molecular complexity index is 1650. The van der Waals surface area contributed by atoms with Crippen molar-refractivity contribution >= 4 is 21.7 Å². The molecule has 13 heteroatoms. The van der Waals surface area contributed by atoms with Gasteiger partial charge in [0.15, 0.2) is 5.82 Å². The van der Waals surface area contributed by atoms with Crippen LogP contribution in [0.25, 0.3) is 5.82 Å². The normalized spacial score (nSPS) is 24.8. The smallest absolute Gasteiger partial charge is 0.268 e. The molecule has 0 spiro atoms. The van der Waals surface area contributed by atoms with E-state index < -0.39 is 27.1 Å². The molecule has 0 saturated heterocycles.